The van der Waals surface area contributed by atoms with Gasteiger partial charge in [0, 0.05) is 12.7 Å². The number of ether oxygens (including phenoxy) is 1. The van der Waals surface area contributed by atoms with E-state index in [1.54, 1.807) is 25.4 Å². The Morgan fingerprint density at radius 3 is 3.00 bits per heavy atom. The number of nitrogens with one attached hydrogen (secondary N) is 1. The van der Waals surface area contributed by atoms with Gasteiger partial charge < -0.3 is 10.1 Å². The third kappa shape index (κ3) is 5.01. The van der Waals surface area contributed by atoms with Crippen LogP contribution in [0.1, 0.15) is 18.1 Å². The Balaban J connectivity index is 1.90. The monoisotopic (exact) mass is 327 g/mol. The molecule has 118 valence electrons. The van der Waals surface area contributed by atoms with E-state index in [9.17, 15) is 4.79 Å². The van der Waals surface area contributed by atoms with Crippen LogP contribution in [-0.4, -0.2) is 23.3 Å². The molecule has 1 amide bonds. The Bertz CT molecular complexity index is 728. The molecule has 1 aromatic heterocycles. The molecule has 0 aliphatic heterocycles. The summed E-state index contributed by atoms with van der Waals surface area (Å²) in [4.78, 5) is 16.3. The summed E-state index contributed by atoms with van der Waals surface area (Å²) in [6.07, 6.45) is 1.57. The number of thioether (sulfide) groups is 1. The number of rotatable bonds is 6. The molecule has 0 radical (unpaired) electrons. The third-order valence-electron chi connectivity index (χ3n) is 3.13. The van der Waals surface area contributed by atoms with Crippen molar-refractivity contribution in [3.05, 3.63) is 53.7 Å². The molecule has 0 aliphatic rings. The zero-order valence-electron chi connectivity index (χ0n) is 12.9. The van der Waals surface area contributed by atoms with Gasteiger partial charge in [0.1, 0.15) is 5.75 Å². The second-order valence-electron chi connectivity index (χ2n) is 4.82. The molecule has 1 atom stereocenters. The SMILES string of the molecule is COc1cccc(CNC(=O)[C@@H](C)Sc2cc(C#N)ccn2)c1. The molecule has 23 heavy (non-hydrogen) atoms. The van der Waals surface area contributed by atoms with Crippen LogP contribution in [-0.2, 0) is 11.3 Å². The van der Waals surface area contributed by atoms with Gasteiger partial charge in [-0.2, -0.15) is 5.26 Å². The lowest BCUT2D eigenvalue weighted by molar-refractivity contribution is -0.120. The average molecular weight is 327 g/mol. The summed E-state index contributed by atoms with van der Waals surface area (Å²) in [6.45, 7) is 2.25. The number of benzene rings is 1. The summed E-state index contributed by atoms with van der Waals surface area (Å²) in [7, 11) is 1.61. The Morgan fingerprint density at radius 1 is 1.43 bits per heavy atom. The number of aromatic nitrogens is 1. The molecule has 1 N–H and O–H groups in total. The standard InChI is InChI=1S/C17H17N3O2S/c1-12(23-16-9-13(10-18)6-7-19-16)17(21)20-11-14-4-3-5-15(8-14)22-2/h3-9,12H,11H2,1-2H3,(H,20,21)/t12-/m1/s1. The van der Waals surface area contributed by atoms with Gasteiger partial charge in [-0.3, -0.25) is 4.79 Å². The van der Waals surface area contributed by atoms with E-state index in [-0.39, 0.29) is 11.2 Å². The zero-order valence-corrected chi connectivity index (χ0v) is 13.8. The summed E-state index contributed by atoms with van der Waals surface area (Å²) >= 11 is 1.33. The largest absolute Gasteiger partial charge is 0.497 e. The molecule has 0 fully saturated rings. The zero-order chi connectivity index (χ0) is 16.7. The minimum absolute atomic E-state index is 0.0815. The highest BCUT2D eigenvalue weighted by atomic mass is 32.2. The summed E-state index contributed by atoms with van der Waals surface area (Å²) in [5.74, 6) is 0.679. The molecule has 0 saturated heterocycles. The topological polar surface area (TPSA) is 75.0 Å². The fraction of sp³-hybridized carbons (Fsp3) is 0.235. The first-order valence-electron chi connectivity index (χ1n) is 7.06. The van der Waals surface area contributed by atoms with E-state index in [1.807, 2.05) is 31.2 Å². The van der Waals surface area contributed by atoms with E-state index >= 15 is 0 Å². The highest BCUT2D eigenvalue weighted by molar-refractivity contribution is 8.00. The van der Waals surface area contributed by atoms with Crippen LogP contribution < -0.4 is 10.1 Å². The van der Waals surface area contributed by atoms with Gasteiger partial charge in [0.2, 0.25) is 5.91 Å². The van der Waals surface area contributed by atoms with E-state index in [0.717, 1.165) is 11.3 Å². The summed E-state index contributed by atoms with van der Waals surface area (Å²) in [6, 6.07) is 12.9. The molecule has 2 aromatic rings. The Hall–Kier alpha value is -2.52. The maximum Gasteiger partial charge on any atom is 0.233 e. The van der Waals surface area contributed by atoms with Crippen molar-refractivity contribution in [3.8, 4) is 11.8 Å². The molecule has 6 heteroatoms. The van der Waals surface area contributed by atoms with E-state index in [0.29, 0.717) is 17.1 Å². The van der Waals surface area contributed by atoms with Gasteiger partial charge in [0.25, 0.3) is 0 Å². The molecule has 5 nitrogen and oxygen atoms in total. The normalized spacial score (nSPS) is 11.3. The molecule has 2 rings (SSSR count). The third-order valence-corrected chi connectivity index (χ3v) is 4.16. The molecular formula is C17H17N3O2S. The van der Waals surface area contributed by atoms with Gasteiger partial charge in [-0.15, -0.1) is 0 Å². The van der Waals surface area contributed by atoms with Gasteiger partial charge in [0.15, 0.2) is 0 Å². The summed E-state index contributed by atoms with van der Waals surface area (Å²) in [5, 5.41) is 12.1. The van der Waals surface area contributed by atoms with Gasteiger partial charge in [-0.1, -0.05) is 23.9 Å². The van der Waals surface area contributed by atoms with E-state index in [2.05, 4.69) is 16.4 Å². The molecular weight excluding hydrogens is 310 g/mol. The fourth-order valence-corrected chi connectivity index (χ4v) is 2.76. The smallest absolute Gasteiger partial charge is 0.233 e. The van der Waals surface area contributed by atoms with Crippen molar-refractivity contribution in [1.29, 1.82) is 5.26 Å². The van der Waals surface area contributed by atoms with Crippen LogP contribution in [0.4, 0.5) is 0 Å². The Kier molecular flexibility index (Phi) is 6.01. The number of amides is 1. The highest BCUT2D eigenvalue weighted by Gasteiger charge is 2.15. The first-order chi connectivity index (χ1) is 11.1. The number of carbonyl (C=O) groups excluding carboxylic acids is 1. The summed E-state index contributed by atoms with van der Waals surface area (Å²) < 4.78 is 5.16. The number of methoxy groups -OCH3 is 1. The number of hydrogen-bond acceptors (Lipinski definition) is 5. The van der Waals surface area contributed by atoms with Gasteiger partial charge in [-0.25, -0.2) is 4.98 Å². The Labute approximate surface area is 139 Å². The molecule has 0 unspecified atom stereocenters. The predicted octanol–water partition coefficient (Wildman–Crippen LogP) is 2.76. The maximum absolute atomic E-state index is 12.2. The predicted molar refractivity (Wildman–Crippen MR) is 89.1 cm³/mol. The first-order valence-corrected chi connectivity index (χ1v) is 7.94. The van der Waals surface area contributed by atoms with Gasteiger partial charge in [0.05, 0.1) is 29.0 Å². The van der Waals surface area contributed by atoms with Gasteiger partial charge in [-0.05, 0) is 36.8 Å². The second-order valence-corrected chi connectivity index (χ2v) is 6.19. The van der Waals surface area contributed by atoms with Crippen LogP contribution in [0, 0.1) is 11.3 Å². The molecule has 0 bridgehead atoms. The van der Waals surface area contributed by atoms with Crippen LogP contribution in [0.25, 0.3) is 0 Å². The van der Waals surface area contributed by atoms with Crippen molar-refractivity contribution in [3.63, 3.8) is 0 Å². The van der Waals surface area contributed by atoms with Crippen LogP contribution in [0.2, 0.25) is 0 Å². The van der Waals surface area contributed by atoms with Crippen LogP contribution in [0.3, 0.4) is 0 Å². The number of nitriles is 1. The fourth-order valence-electron chi connectivity index (χ4n) is 1.89. The van der Waals surface area contributed by atoms with Crippen molar-refractivity contribution in [2.75, 3.05) is 7.11 Å². The van der Waals surface area contributed by atoms with Crippen molar-refractivity contribution < 1.29 is 9.53 Å². The van der Waals surface area contributed by atoms with Crippen LogP contribution in [0.15, 0.2) is 47.6 Å². The second kappa shape index (κ2) is 8.20. The van der Waals surface area contributed by atoms with Crippen molar-refractivity contribution in [2.24, 2.45) is 0 Å². The van der Waals surface area contributed by atoms with E-state index < -0.39 is 0 Å². The number of nitrogens with zero attached hydrogens (tertiary/aromatic N) is 2. The van der Waals surface area contributed by atoms with Crippen LogP contribution >= 0.6 is 11.8 Å². The lowest BCUT2D eigenvalue weighted by Crippen LogP contribution is -2.30. The molecule has 1 heterocycles. The lowest BCUT2D eigenvalue weighted by Gasteiger charge is -2.12. The maximum atomic E-state index is 12.2. The van der Waals surface area contributed by atoms with E-state index in [1.165, 1.54) is 11.8 Å². The number of carbonyl (C=O) groups is 1. The number of pyridine rings is 1. The van der Waals surface area contributed by atoms with Crippen molar-refractivity contribution in [1.82, 2.24) is 10.3 Å². The lowest BCUT2D eigenvalue weighted by atomic mass is 10.2. The van der Waals surface area contributed by atoms with Crippen LogP contribution in [0.5, 0.6) is 5.75 Å². The van der Waals surface area contributed by atoms with Crippen molar-refractivity contribution >= 4 is 17.7 Å². The molecule has 0 saturated carbocycles. The Morgan fingerprint density at radius 2 is 2.26 bits per heavy atom. The highest BCUT2D eigenvalue weighted by Crippen LogP contribution is 2.22. The quantitative estimate of drug-likeness (QED) is 0.826. The van der Waals surface area contributed by atoms with E-state index in [4.69, 9.17) is 10.00 Å². The minimum atomic E-state index is -0.304. The van der Waals surface area contributed by atoms with Crippen molar-refractivity contribution in [2.45, 2.75) is 23.7 Å². The summed E-state index contributed by atoms with van der Waals surface area (Å²) in [5.41, 5.74) is 1.51. The first kappa shape index (κ1) is 16.8. The minimum Gasteiger partial charge on any atom is -0.497 e. The molecule has 0 spiro atoms. The number of hydrogen-bond donors (Lipinski definition) is 1. The molecule has 0 aliphatic carbocycles. The molecule has 1 aromatic carbocycles. The van der Waals surface area contributed by atoms with Gasteiger partial charge >= 0.3 is 0 Å². The average Bonchev–Trinajstić information content (AvgIpc) is 2.59.